The summed E-state index contributed by atoms with van der Waals surface area (Å²) in [7, 11) is 0. The third kappa shape index (κ3) is 3.30. The Morgan fingerprint density at radius 1 is 1.27 bits per heavy atom. The Bertz CT molecular complexity index is 174. The molecule has 0 fully saturated rings. The van der Waals surface area contributed by atoms with Gasteiger partial charge in [0.1, 0.15) is 11.7 Å². The van der Waals surface area contributed by atoms with Crippen molar-refractivity contribution in [3.63, 3.8) is 0 Å². The minimum Gasteiger partial charge on any atom is -0.212 e. The Hall–Kier alpha value is -0.660. The largest absolute Gasteiger partial charge is 0.212 e. The molecule has 0 bridgehead atoms. The highest BCUT2D eigenvalue weighted by atomic mass is 19.1. The molecule has 0 rings (SSSR count). The van der Waals surface area contributed by atoms with E-state index >= 15 is 0 Å². The van der Waals surface area contributed by atoms with Crippen LogP contribution >= 0.6 is 0 Å². The van der Waals surface area contributed by atoms with Gasteiger partial charge in [0, 0.05) is 5.57 Å². The molecule has 0 heterocycles. The van der Waals surface area contributed by atoms with Gasteiger partial charge in [-0.3, -0.25) is 0 Å². The molecule has 0 spiro atoms. The van der Waals surface area contributed by atoms with Gasteiger partial charge in [-0.15, -0.1) is 0 Å². The van der Waals surface area contributed by atoms with Crippen molar-refractivity contribution in [2.75, 3.05) is 0 Å². The summed E-state index contributed by atoms with van der Waals surface area (Å²) in [5.41, 5.74) is 0.187. The molecule has 0 unspecified atom stereocenters. The van der Waals surface area contributed by atoms with Crippen molar-refractivity contribution in [2.45, 2.75) is 33.6 Å². The zero-order valence-electron chi connectivity index (χ0n) is 7.25. The van der Waals surface area contributed by atoms with Crippen LogP contribution < -0.4 is 0 Å². The summed E-state index contributed by atoms with van der Waals surface area (Å²) in [6, 6.07) is 0. The van der Waals surface area contributed by atoms with Gasteiger partial charge < -0.3 is 0 Å². The molecule has 0 aromatic heterocycles. The van der Waals surface area contributed by atoms with E-state index in [9.17, 15) is 8.78 Å². The predicted molar refractivity (Wildman–Crippen MR) is 43.6 cm³/mol. The van der Waals surface area contributed by atoms with Gasteiger partial charge in [-0.2, -0.15) is 0 Å². The SMILES string of the molecule is CC/C=C(F)\C(CC)=C(/C)F. The van der Waals surface area contributed by atoms with Crippen molar-refractivity contribution in [1.29, 1.82) is 0 Å². The van der Waals surface area contributed by atoms with Crippen LogP contribution in [-0.4, -0.2) is 0 Å². The number of hydrogen-bond donors (Lipinski definition) is 0. The zero-order chi connectivity index (χ0) is 8.85. The van der Waals surface area contributed by atoms with Gasteiger partial charge in [-0.1, -0.05) is 13.8 Å². The van der Waals surface area contributed by atoms with E-state index in [1.165, 1.54) is 13.0 Å². The number of allylic oxidation sites excluding steroid dienone is 4. The van der Waals surface area contributed by atoms with Gasteiger partial charge in [0.15, 0.2) is 0 Å². The Kier molecular flexibility index (Phi) is 4.75. The minimum absolute atomic E-state index is 0.187. The molecule has 0 amide bonds. The standard InChI is InChI=1S/C9H14F2/c1-4-6-9(11)8(5-2)7(3)10/h6H,4-5H2,1-3H3/b8-7+,9-6+. The third-order valence-electron chi connectivity index (χ3n) is 1.44. The monoisotopic (exact) mass is 160 g/mol. The molecule has 0 atom stereocenters. The highest BCUT2D eigenvalue weighted by Gasteiger charge is 2.04. The van der Waals surface area contributed by atoms with E-state index in [1.54, 1.807) is 6.92 Å². The van der Waals surface area contributed by atoms with Crippen molar-refractivity contribution in [3.8, 4) is 0 Å². The maximum Gasteiger partial charge on any atom is 0.124 e. The molecule has 0 aliphatic rings. The van der Waals surface area contributed by atoms with Gasteiger partial charge in [0.05, 0.1) is 0 Å². The van der Waals surface area contributed by atoms with Crippen molar-refractivity contribution in [1.82, 2.24) is 0 Å². The van der Waals surface area contributed by atoms with Crippen LogP contribution in [0.3, 0.4) is 0 Å². The van der Waals surface area contributed by atoms with Crippen molar-refractivity contribution in [3.05, 3.63) is 23.3 Å². The van der Waals surface area contributed by atoms with E-state index in [0.717, 1.165) is 0 Å². The first-order chi connectivity index (χ1) is 5.13. The second-order valence-electron chi connectivity index (χ2n) is 2.33. The maximum absolute atomic E-state index is 12.9. The average molecular weight is 160 g/mol. The number of rotatable bonds is 3. The lowest BCUT2D eigenvalue weighted by molar-refractivity contribution is 0.583. The van der Waals surface area contributed by atoms with Gasteiger partial charge in [-0.05, 0) is 25.8 Å². The molecule has 0 saturated heterocycles. The Balaban J connectivity index is 4.53. The quantitative estimate of drug-likeness (QED) is 0.549. The summed E-state index contributed by atoms with van der Waals surface area (Å²) >= 11 is 0. The number of halogens is 2. The van der Waals surface area contributed by atoms with E-state index < -0.39 is 11.7 Å². The predicted octanol–water partition coefficient (Wildman–Crippen LogP) is 3.90. The molecule has 0 aliphatic carbocycles. The summed E-state index contributed by atoms with van der Waals surface area (Å²) in [5.74, 6) is -0.843. The molecule has 0 aliphatic heterocycles. The molecule has 64 valence electrons. The lowest BCUT2D eigenvalue weighted by atomic mass is 10.1. The molecule has 0 radical (unpaired) electrons. The second kappa shape index (κ2) is 5.05. The Labute approximate surface area is 66.6 Å². The van der Waals surface area contributed by atoms with E-state index in [2.05, 4.69) is 0 Å². The van der Waals surface area contributed by atoms with Crippen LogP contribution in [0.25, 0.3) is 0 Å². The first-order valence-corrected chi connectivity index (χ1v) is 3.84. The fourth-order valence-electron chi connectivity index (χ4n) is 0.879. The highest BCUT2D eigenvalue weighted by molar-refractivity contribution is 5.26. The molecule has 2 heteroatoms. The van der Waals surface area contributed by atoms with Crippen LogP contribution in [0.15, 0.2) is 23.3 Å². The first kappa shape index (κ1) is 10.3. The van der Waals surface area contributed by atoms with Crippen LogP contribution in [0, 0.1) is 0 Å². The minimum atomic E-state index is -0.422. The van der Waals surface area contributed by atoms with Crippen LogP contribution in [0.5, 0.6) is 0 Å². The lowest BCUT2D eigenvalue weighted by Crippen LogP contribution is -1.84. The third-order valence-corrected chi connectivity index (χ3v) is 1.44. The topological polar surface area (TPSA) is 0 Å². The first-order valence-electron chi connectivity index (χ1n) is 3.84. The molecular weight excluding hydrogens is 146 g/mol. The molecule has 0 saturated carbocycles. The summed E-state index contributed by atoms with van der Waals surface area (Å²) in [4.78, 5) is 0. The van der Waals surface area contributed by atoms with E-state index in [-0.39, 0.29) is 5.57 Å². The van der Waals surface area contributed by atoms with E-state index in [4.69, 9.17) is 0 Å². The summed E-state index contributed by atoms with van der Waals surface area (Å²) in [6.07, 6.45) is 2.40. The van der Waals surface area contributed by atoms with Crippen LogP contribution in [0.4, 0.5) is 8.78 Å². The average Bonchev–Trinajstić information content (AvgIpc) is 1.88. The molecule has 0 nitrogen and oxygen atoms in total. The van der Waals surface area contributed by atoms with Crippen LogP contribution in [-0.2, 0) is 0 Å². The molecule has 0 aromatic rings. The second-order valence-corrected chi connectivity index (χ2v) is 2.33. The fourth-order valence-corrected chi connectivity index (χ4v) is 0.879. The van der Waals surface area contributed by atoms with Crippen molar-refractivity contribution >= 4 is 0 Å². The molecule has 0 aromatic carbocycles. The zero-order valence-corrected chi connectivity index (χ0v) is 7.25. The number of hydrogen-bond acceptors (Lipinski definition) is 0. The van der Waals surface area contributed by atoms with Gasteiger partial charge in [0.25, 0.3) is 0 Å². The summed E-state index contributed by atoms with van der Waals surface area (Å²) in [6.45, 7) is 4.84. The smallest absolute Gasteiger partial charge is 0.124 e. The molecular formula is C9H14F2. The summed E-state index contributed by atoms with van der Waals surface area (Å²) < 4.78 is 25.4. The molecule has 11 heavy (non-hydrogen) atoms. The van der Waals surface area contributed by atoms with Gasteiger partial charge in [-0.25, -0.2) is 8.78 Å². The normalized spacial score (nSPS) is 14.8. The highest BCUT2D eigenvalue weighted by Crippen LogP contribution is 2.20. The van der Waals surface area contributed by atoms with E-state index in [1.807, 2.05) is 6.92 Å². The molecule has 0 N–H and O–H groups in total. The van der Waals surface area contributed by atoms with E-state index in [0.29, 0.717) is 12.8 Å². The maximum atomic E-state index is 12.9. The van der Waals surface area contributed by atoms with Gasteiger partial charge in [0.2, 0.25) is 0 Å². The van der Waals surface area contributed by atoms with Crippen molar-refractivity contribution in [2.24, 2.45) is 0 Å². The Morgan fingerprint density at radius 2 is 1.82 bits per heavy atom. The van der Waals surface area contributed by atoms with Gasteiger partial charge >= 0.3 is 0 Å². The van der Waals surface area contributed by atoms with Crippen LogP contribution in [0.2, 0.25) is 0 Å². The van der Waals surface area contributed by atoms with Crippen LogP contribution in [0.1, 0.15) is 33.6 Å². The summed E-state index contributed by atoms with van der Waals surface area (Å²) in [5, 5.41) is 0. The van der Waals surface area contributed by atoms with Crippen molar-refractivity contribution < 1.29 is 8.78 Å². The fraction of sp³-hybridized carbons (Fsp3) is 0.556. The Morgan fingerprint density at radius 3 is 2.09 bits per heavy atom. The lowest BCUT2D eigenvalue weighted by Gasteiger charge is -2.00.